The number of carbonyl (C=O) groups is 1. The lowest BCUT2D eigenvalue weighted by molar-refractivity contribution is -0.120. The predicted octanol–water partition coefficient (Wildman–Crippen LogP) is 3.12. The molecule has 1 aromatic rings. The van der Waals surface area contributed by atoms with Crippen LogP contribution in [-0.2, 0) is 4.79 Å². The molecule has 3 rings (SSSR count). The van der Waals surface area contributed by atoms with Crippen LogP contribution in [0.4, 0.5) is 10.1 Å². The summed E-state index contributed by atoms with van der Waals surface area (Å²) in [5.74, 6) is 1.28. The first-order valence-electron chi connectivity index (χ1n) is 6.20. The fourth-order valence-corrected chi connectivity index (χ4v) is 2.89. The molecule has 1 amide bonds. The Morgan fingerprint density at radius 1 is 1.29 bits per heavy atom. The van der Waals surface area contributed by atoms with Gasteiger partial charge in [-0.3, -0.25) is 4.79 Å². The van der Waals surface area contributed by atoms with Crippen molar-refractivity contribution in [3.63, 3.8) is 0 Å². The van der Waals surface area contributed by atoms with Gasteiger partial charge in [-0.15, -0.1) is 0 Å². The number of rotatable bonds is 2. The number of anilines is 1. The van der Waals surface area contributed by atoms with Gasteiger partial charge in [0, 0.05) is 5.92 Å². The van der Waals surface area contributed by atoms with Gasteiger partial charge in [-0.2, -0.15) is 0 Å². The topological polar surface area (TPSA) is 29.1 Å². The number of carbonyl (C=O) groups excluding carboxylic acids is 1. The minimum atomic E-state index is -0.346. The van der Waals surface area contributed by atoms with E-state index >= 15 is 0 Å². The van der Waals surface area contributed by atoms with Crippen LogP contribution in [-0.4, -0.2) is 5.91 Å². The molecule has 3 heteroatoms. The third-order valence-corrected chi connectivity index (χ3v) is 4.00. The maximum absolute atomic E-state index is 13.6. The summed E-state index contributed by atoms with van der Waals surface area (Å²) in [7, 11) is 0. The molecule has 2 unspecified atom stereocenters. The number of hydrogen-bond acceptors (Lipinski definition) is 1. The normalized spacial score (nSPS) is 29.9. The number of fused-ring (bicyclic) bond motifs is 1. The number of aryl methyl sites for hydroxylation is 1. The number of halogens is 1. The fourth-order valence-electron chi connectivity index (χ4n) is 2.89. The summed E-state index contributed by atoms with van der Waals surface area (Å²) in [5, 5.41) is 2.71. The largest absolute Gasteiger partial charge is 0.323 e. The molecule has 2 atom stereocenters. The van der Waals surface area contributed by atoms with Gasteiger partial charge in [-0.25, -0.2) is 4.39 Å². The summed E-state index contributed by atoms with van der Waals surface area (Å²) >= 11 is 0. The Labute approximate surface area is 100 Å². The monoisotopic (exact) mass is 233 g/mol. The highest BCUT2D eigenvalue weighted by molar-refractivity contribution is 5.93. The lowest BCUT2D eigenvalue weighted by atomic mass is 10.0. The molecule has 0 saturated heterocycles. The number of benzene rings is 1. The standard InChI is InChI=1S/C14H16FNO/c1-8-2-3-13(12(15)4-8)16-14(17)11-6-9-5-10(9)7-11/h2-4,9-11H,5-7H2,1H3,(H,16,17). The van der Waals surface area contributed by atoms with Crippen LogP contribution < -0.4 is 5.32 Å². The van der Waals surface area contributed by atoms with Crippen LogP contribution in [0.2, 0.25) is 0 Å². The molecule has 2 fully saturated rings. The zero-order valence-corrected chi connectivity index (χ0v) is 9.87. The molecule has 0 spiro atoms. The van der Waals surface area contributed by atoms with Gasteiger partial charge in [0.15, 0.2) is 0 Å². The van der Waals surface area contributed by atoms with E-state index in [1.54, 1.807) is 6.07 Å². The maximum Gasteiger partial charge on any atom is 0.227 e. The molecule has 2 saturated carbocycles. The highest BCUT2D eigenvalue weighted by Gasteiger charge is 2.48. The van der Waals surface area contributed by atoms with E-state index in [1.165, 1.54) is 12.5 Å². The predicted molar refractivity (Wildman–Crippen MR) is 64.1 cm³/mol. The molecule has 0 radical (unpaired) electrons. The van der Waals surface area contributed by atoms with Crippen molar-refractivity contribution >= 4 is 11.6 Å². The van der Waals surface area contributed by atoms with Gasteiger partial charge in [0.25, 0.3) is 0 Å². The van der Waals surface area contributed by atoms with E-state index in [-0.39, 0.29) is 17.6 Å². The van der Waals surface area contributed by atoms with E-state index in [0.29, 0.717) is 5.69 Å². The van der Waals surface area contributed by atoms with Crippen LogP contribution in [0.5, 0.6) is 0 Å². The number of hydrogen-bond donors (Lipinski definition) is 1. The van der Waals surface area contributed by atoms with Gasteiger partial charge >= 0.3 is 0 Å². The lowest BCUT2D eigenvalue weighted by Crippen LogP contribution is -2.22. The third-order valence-electron chi connectivity index (χ3n) is 4.00. The Morgan fingerprint density at radius 2 is 2.00 bits per heavy atom. The average Bonchev–Trinajstić information content (AvgIpc) is 2.89. The van der Waals surface area contributed by atoms with E-state index in [4.69, 9.17) is 0 Å². The highest BCUT2D eigenvalue weighted by atomic mass is 19.1. The molecule has 0 aliphatic heterocycles. The van der Waals surface area contributed by atoms with Gasteiger partial charge in [0.05, 0.1) is 5.69 Å². The first-order chi connectivity index (χ1) is 8.13. The summed E-state index contributed by atoms with van der Waals surface area (Å²) in [6, 6.07) is 4.89. The summed E-state index contributed by atoms with van der Waals surface area (Å²) in [6.07, 6.45) is 3.27. The molecule has 17 heavy (non-hydrogen) atoms. The van der Waals surface area contributed by atoms with Gasteiger partial charge in [-0.05, 0) is 55.7 Å². The summed E-state index contributed by atoms with van der Waals surface area (Å²) < 4.78 is 13.6. The van der Waals surface area contributed by atoms with Crippen molar-refractivity contribution in [2.45, 2.75) is 26.2 Å². The van der Waals surface area contributed by atoms with Gasteiger partial charge in [0.1, 0.15) is 5.82 Å². The second-order valence-corrected chi connectivity index (χ2v) is 5.40. The van der Waals surface area contributed by atoms with Crippen LogP contribution in [0, 0.1) is 30.5 Å². The van der Waals surface area contributed by atoms with Crippen molar-refractivity contribution in [2.24, 2.45) is 17.8 Å². The van der Waals surface area contributed by atoms with Gasteiger partial charge in [-0.1, -0.05) is 6.07 Å². The minimum Gasteiger partial charge on any atom is -0.323 e. The Hall–Kier alpha value is -1.38. The lowest BCUT2D eigenvalue weighted by Gasteiger charge is -2.13. The minimum absolute atomic E-state index is 0.0139. The second kappa shape index (κ2) is 3.83. The quantitative estimate of drug-likeness (QED) is 0.835. The molecule has 0 bridgehead atoms. The van der Waals surface area contributed by atoms with E-state index in [2.05, 4.69) is 5.32 Å². The summed E-state index contributed by atoms with van der Waals surface area (Å²) in [6.45, 7) is 1.83. The van der Waals surface area contributed by atoms with Crippen molar-refractivity contribution in [3.8, 4) is 0 Å². The molecular weight excluding hydrogens is 217 g/mol. The highest BCUT2D eigenvalue weighted by Crippen LogP contribution is 2.54. The van der Waals surface area contributed by atoms with E-state index in [0.717, 1.165) is 30.2 Å². The van der Waals surface area contributed by atoms with Crippen molar-refractivity contribution in [1.82, 2.24) is 0 Å². The molecule has 2 aliphatic rings. The molecular formula is C14H16FNO. The summed E-state index contributed by atoms with van der Waals surface area (Å²) in [4.78, 5) is 11.9. The Bertz CT molecular complexity index is 461. The average molecular weight is 233 g/mol. The molecule has 1 N–H and O–H groups in total. The number of nitrogens with one attached hydrogen (secondary N) is 1. The van der Waals surface area contributed by atoms with E-state index in [1.807, 2.05) is 13.0 Å². The van der Waals surface area contributed by atoms with Crippen molar-refractivity contribution < 1.29 is 9.18 Å². The molecule has 2 aliphatic carbocycles. The number of amides is 1. The first-order valence-corrected chi connectivity index (χ1v) is 6.20. The van der Waals surface area contributed by atoms with E-state index in [9.17, 15) is 9.18 Å². The van der Waals surface area contributed by atoms with Gasteiger partial charge < -0.3 is 5.32 Å². The Kier molecular flexibility index (Phi) is 2.42. The Balaban J connectivity index is 1.67. The zero-order chi connectivity index (χ0) is 12.0. The van der Waals surface area contributed by atoms with Crippen LogP contribution in [0.3, 0.4) is 0 Å². The van der Waals surface area contributed by atoms with E-state index < -0.39 is 0 Å². The van der Waals surface area contributed by atoms with Gasteiger partial charge in [0.2, 0.25) is 5.91 Å². The van der Waals surface area contributed by atoms with Crippen molar-refractivity contribution in [2.75, 3.05) is 5.32 Å². The molecule has 0 aromatic heterocycles. The van der Waals surface area contributed by atoms with Crippen LogP contribution in [0.15, 0.2) is 18.2 Å². The molecule has 1 aromatic carbocycles. The molecule has 0 heterocycles. The second-order valence-electron chi connectivity index (χ2n) is 5.40. The fraction of sp³-hybridized carbons (Fsp3) is 0.500. The smallest absolute Gasteiger partial charge is 0.227 e. The zero-order valence-electron chi connectivity index (χ0n) is 9.87. The summed E-state index contributed by atoms with van der Waals surface area (Å²) in [5.41, 5.74) is 1.17. The molecule has 2 nitrogen and oxygen atoms in total. The van der Waals surface area contributed by atoms with Crippen LogP contribution in [0.25, 0.3) is 0 Å². The third kappa shape index (κ3) is 2.06. The van der Waals surface area contributed by atoms with Crippen molar-refractivity contribution in [3.05, 3.63) is 29.6 Å². The Morgan fingerprint density at radius 3 is 2.65 bits per heavy atom. The first kappa shape index (κ1) is 10.8. The molecule has 90 valence electrons. The van der Waals surface area contributed by atoms with Crippen LogP contribution >= 0.6 is 0 Å². The SMILES string of the molecule is Cc1ccc(NC(=O)C2CC3CC3C2)c(F)c1. The maximum atomic E-state index is 13.6. The van der Waals surface area contributed by atoms with Crippen LogP contribution in [0.1, 0.15) is 24.8 Å². The van der Waals surface area contributed by atoms with Crippen molar-refractivity contribution in [1.29, 1.82) is 0 Å².